The Morgan fingerprint density at radius 1 is 1.09 bits per heavy atom. The van der Waals surface area contributed by atoms with Gasteiger partial charge in [0, 0.05) is 36.7 Å². The summed E-state index contributed by atoms with van der Waals surface area (Å²) in [7, 11) is 3.17. The molecule has 4 amide bonds. The number of hydrogen-bond acceptors (Lipinski definition) is 5. The van der Waals surface area contributed by atoms with Crippen molar-refractivity contribution in [2.75, 3.05) is 27.3 Å². The fourth-order valence-electron chi connectivity index (χ4n) is 4.90. The molecular weight excluding hydrogens is 448 g/mol. The van der Waals surface area contributed by atoms with E-state index in [-0.39, 0.29) is 24.8 Å². The summed E-state index contributed by atoms with van der Waals surface area (Å²) in [6.45, 7) is 1.23. The number of amides is 4. The summed E-state index contributed by atoms with van der Waals surface area (Å²) in [5.41, 5.74) is 4.16. The number of aromatic nitrogens is 1. The van der Waals surface area contributed by atoms with Crippen molar-refractivity contribution in [1.82, 2.24) is 20.1 Å². The largest absolute Gasteiger partial charge is 0.493 e. The first kappa shape index (κ1) is 22.8. The molecule has 9 nitrogen and oxygen atoms in total. The monoisotopic (exact) mass is 476 g/mol. The van der Waals surface area contributed by atoms with Crippen LogP contribution in [0, 0.1) is 0 Å². The molecule has 1 saturated heterocycles. The Kier molecular flexibility index (Phi) is 6.07. The van der Waals surface area contributed by atoms with Gasteiger partial charge in [-0.2, -0.15) is 0 Å². The highest BCUT2D eigenvalue weighted by Crippen LogP contribution is 2.33. The van der Waals surface area contributed by atoms with E-state index in [1.54, 1.807) is 19.1 Å². The molecular formula is C26H28N4O5. The van der Waals surface area contributed by atoms with Crippen molar-refractivity contribution >= 4 is 28.7 Å². The quantitative estimate of drug-likeness (QED) is 0.510. The van der Waals surface area contributed by atoms with Gasteiger partial charge in [0.05, 0.1) is 20.6 Å². The maximum Gasteiger partial charge on any atom is 0.324 e. The number of carbonyl (C=O) groups excluding carboxylic acids is 3. The molecule has 0 bridgehead atoms. The molecule has 9 heteroatoms. The molecule has 0 aliphatic carbocycles. The van der Waals surface area contributed by atoms with E-state index in [0.29, 0.717) is 37.4 Å². The summed E-state index contributed by atoms with van der Waals surface area (Å²) in [6, 6.07) is 10.5. The second-order valence-electron chi connectivity index (χ2n) is 8.85. The van der Waals surface area contributed by atoms with Gasteiger partial charge in [-0.15, -0.1) is 0 Å². The zero-order chi connectivity index (χ0) is 24.5. The summed E-state index contributed by atoms with van der Waals surface area (Å²) in [5.74, 6) is 0.761. The lowest BCUT2D eigenvalue weighted by molar-refractivity contribution is -0.136. The maximum absolute atomic E-state index is 13.0. The van der Waals surface area contributed by atoms with Gasteiger partial charge in [0.15, 0.2) is 11.5 Å². The number of para-hydroxylation sites is 1. The molecule has 2 N–H and O–H groups in total. The van der Waals surface area contributed by atoms with Crippen LogP contribution in [0.25, 0.3) is 10.9 Å². The third-order valence-electron chi connectivity index (χ3n) is 6.84. The first-order valence-electron chi connectivity index (χ1n) is 11.7. The summed E-state index contributed by atoms with van der Waals surface area (Å²) in [5, 5.41) is 3.76. The van der Waals surface area contributed by atoms with Crippen LogP contribution in [0.3, 0.4) is 0 Å². The number of urea groups is 1. The van der Waals surface area contributed by atoms with Gasteiger partial charge in [-0.1, -0.05) is 18.2 Å². The van der Waals surface area contributed by atoms with E-state index in [1.807, 2.05) is 42.6 Å². The normalized spacial score (nSPS) is 17.5. The molecule has 2 aliphatic heterocycles. The van der Waals surface area contributed by atoms with Crippen molar-refractivity contribution in [2.24, 2.45) is 0 Å². The van der Waals surface area contributed by atoms with Gasteiger partial charge >= 0.3 is 6.03 Å². The van der Waals surface area contributed by atoms with Crippen LogP contribution < -0.4 is 14.8 Å². The van der Waals surface area contributed by atoms with E-state index in [4.69, 9.17) is 9.47 Å². The van der Waals surface area contributed by atoms with Crippen LogP contribution in [0.1, 0.15) is 23.1 Å². The van der Waals surface area contributed by atoms with E-state index < -0.39 is 12.1 Å². The molecule has 0 radical (unpaired) electrons. The van der Waals surface area contributed by atoms with E-state index in [0.717, 1.165) is 27.6 Å². The van der Waals surface area contributed by atoms with Crippen molar-refractivity contribution in [3.63, 3.8) is 0 Å². The van der Waals surface area contributed by atoms with Crippen LogP contribution in [0.4, 0.5) is 4.79 Å². The number of fused-ring (bicyclic) bond motifs is 2. The third kappa shape index (κ3) is 4.29. The van der Waals surface area contributed by atoms with Crippen molar-refractivity contribution in [3.8, 4) is 11.5 Å². The number of H-pyrrole nitrogens is 1. The topological polar surface area (TPSA) is 104 Å². The van der Waals surface area contributed by atoms with Gasteiger partial charge in [0.2, 0.25) is 5.91 Å². The predicted molar refractivity (Wildman–Crippen MR) is 129 cm³/mol. The van der Waals surface area contributed by atoms with Gasteiger partial charge in [-0.25, -0.2) is 4.79 Å². The first-order valence-corrected chi connectivity index (χ1v) is 11.7. The number of imide groups is 1. The van der Waals surface area contributed by atoms with Crippen LogP contribution >= 0.6 is 0 Å². The number of hydrogen-bond donors (Lipinski definition) is 2. The van der Waals surface area contributed by atoms with Crippen molar-refractivity contribution in [2.45, 2.75) is 31.8 Å². The van der Waals surface area contributed by atoms with Crippen LogP contribution in [-0.2, 0) is 29.0 Å². The minimum Gasteiger partial charge on any atom is -0.493 e. The smallest absolute Gasteiger partial charge is 0.324 e. The molecule has 3 heterocycles. The highest BCUT2D eigenvalue weighted by Gasteiger charge is 2.39. The SMILES string of the molecule is COc1cc2c(cc1OC)CN(C(=O)C[C@H]1NC(=O)N(CCc3c[nH]c4ccccc34)C1=O)CC2. The van der Waals surface area contributed by atoms with Crippen LogP contribution in [-0.4, -0.2) is 66.0 Å². The minimum atomic E-state index is -0.843. The van der Waals surface area contributed by atoms with E-state index in [1.165, 1.54) is 4.90 Å². The van der Waals surface area contributed by atoms with Gasteiger partial charge in [0.25, 0.3) is 5.91 Å². The Balaban J connectivity index is 1.21. The van der Waals surface area contributed by atoms with Gasteiger partial charge < -0.3 is 24.7 Å². The summed E-state index contributed by atoms with van der Waals surface area (Å²) >= 11 is 0. The van der Waals surface area contributed by atoms with Crippen LogP contribution in [0.15, 0.2) is 42.6 Å². The Morgan fingerprint density at radius 2 is 1.83 bits per heavy atom. The highest BCUT2D eigenvalue weighted by atomic mass is 16.5. The van der Waals surface area contributed by atoms with Crippen molar-refractivity contribution in [3.05, 3.63) is 59.3 Å². The van der Waals surface area contributed by atoms with Gasteiger partial charge in [-0.05, 0) is 47.7 Å². The molecule has 1 fully saturated rings. The van der Waals surface area contributed by atoms with E-state index >= 15 is 0 Å². The lowest BCUT2D eigenvalue weighted by Gasteiger charge is -2.30. The molecule has 1 aromatic heterocycles. The molecule has 0 saturated carbocycles. The van der Waals surface area contributed by atoms with Gasteiger partial charge in [0.1, 0.15) is 6.04 Å². The maximum atomic E-state index is 13.0. The molecule has 1 atom stereocenters. The fourth-order valence-corrected chi connectivity index (χ4v) is 4.90. The lowest BCUT2D eigenvalue weighted by Crippen LogP contribution is -2.41. The number of nitrogens with one attached hydrogen (secondary N) is 2. The lowest BCUT2D eigenvalue weighted by atomic mass is 9.98. The molecule has 2 aliphatic rings. The minimum absolute atomic E-state index is 0.0587. The Morgan fingerprint density at radius 3 is 2.60 bits per heavy atom. The number of nitrogens with zero attached hydrogens (tertiary/aromatic N) is 2. The molecule has 3 aromatic rings. The van der Waals surface area contributed by atoms with Crippen molar-refractivity contribution < 1.29 is 23.9 Å². The Bertz CT molecular complexity index is 1300. The third-order valence-corrected chi connectivity index (χ3v) is 6.84. The number of benzene rings is 2. The van der Waals surface area contributed by atoms with Gasteiger partial charge in [-0.3, -0.25) is 14.5 Å². The average Bonchev–Trinajstić information content (AvgIpc) is 3.41. The highest BCUT2D eigenvalue weighted by molar-refractivity contribution is 6.05. The molecule has 182 valence electrons. The zero-order valence-corrected chi connectivity index (χ0v) is 19.8. The second kappa shape index (κ2) is 9.32. The summed E-state index contributed by atoms with van der Waals surface area (Å²) < 4.78 is 10.8. The number of carbonyl (C=O) groups is 3. The number of methoxy groups -OCH3 is 2. The Hall–Kier alpha value is -4.01. The molecule has 0 spiro atoms. The standard InChI is InChI=1S/C26H28N4O5/c1-34-22-11-16-7-9-29(15-18(16)12-23(22)35-2)24(31)13-21-25(32)30(26(33)28-21)10-8-17-14-27-20-6-4-3-5-19(17)20/h3-6,11-12,14,21,27H,7-10,13,15H2,1-2H3,(H,28,33)/t21-/m1/s1. The van der Waals surface area contributed by atoms with Crippen LogP contribution in [0.5, 0.6) is 11.5 Å². The Labute approximate surface area is 203 Å². The number of ether oxygens (including phenoxy) is 2. The zero-order valence-electron chi connectivity index (χ0n) is 19.8. The molecule has 35 heavy (non-hydrogen) atoms. The average molecular weight is 477 g/mol. The fraction of sp³-hybridized carbons (Fsp3) is 0.346. The van der Waals surface area contributed by atoms with Crippen LogP contribution in [0.2, 0.25) is 0 Å². The number of aromatic amines is 1. The predicted octanol–water partition coefficient (Wildman–Crippen LogP) is 2.62. The second-order valence-corrected chi connectivity index (χ2v) is 8.85. The summed E-state index contributed by atoms with van der Waals surface area (Å²) in [6.07, 6.45) is 3.07. The van der Waals surface area contributed by atoms with E-state index in [2.05, 4.69) is 10.3 Å². The summed E-state index contributed by atoms with van der Waals surface area (Å²) in [4.78, 5) is 44.6. The molecule has 5 rings (SSSR count). The first-order chi connectivity index (χ1) is 17.0. The number of rotatable bonds is 7. The van der Waals surface area contributed by atoms with Crippen molar-refractivity contribution in [1.29, 1.82) is 0 Å². The molecule has 0 unspecified atom stereocenters. The molecule has 2 aromatic carbocycles. The van der Waals surface area contributed by atoms with E-state index in [9.17, 15) is 14.4 Å².